The Hall–Kier alpha value is -3.70. The lowest BCUT2D eigenvalue weighted by Crippen LogP contribution is -1.96. The van der Waals surface area contributed by atoms with Crippen LogP contribution in [0.5, 0.6) is 5.75 Å². The van der Waals surface area contributed by atoms with Crippen molar-refractivity contribution in [3.63, 3.8) is 0 Å². The standard InChI is InChI=1S/C25H19N3OS/c1-2-9-22-19(6-1)7-5-8-20(22)17-29-21-14-12-18(13-15-21)16-26-28-25-27-23-10-3-4-11-24(23)30-25/h1-16H,17H2,(H,27,28)/b26-16+. The summed E-state index contributed by atoms with van der Waals surface area (Å²) in [6.07, 6.45) is 1.78. The van der Waals surface area contributed by atoms with Gasteiger partial charge < -0.3 is 4.74 Å². The lowest BCUT2D eigenvalue weighted by atomic mass is 10.1. The van der Waals surface area contributed by atoms with Gasteiger partial charge in [0, 0.05) is 0 Å². The summed E-state index contributed by atoms with van der Waals surface area (Å²) in [6, 6.07) is 30.6. The number of hydrazone groups is 1. The van der Waals surface area contributed by atoms with E-state index in [1.54, 1.807) is 17.6 Å². The summed E-state index contributed by atoms with van der Waals surface area (Å²) in [5.74, 6) is 0.833. The average Bonchev–Trinajstić information content (AvgIpc) is 3.21. The fourth-order valence-electron chi connectivity index (χ4n) is 3.31. The van der Waals surface area contributed by atoms with Crippen molar-refractivity contribution in [3.8, 4) is 5.75 Å². The number of ether oxygens (including phenoxy) is 1. The highest BCUT2D eigenvalue weighted by molar-refractivity contribution is 7.22. The Bertz CT molecular complexity index is 1290. The molecule has 0 fully saturated rings. The van der Waals surface area contributed by atoms with Crippen molar-refractivity contribution in [2.45, 2.75) is 6.61 Å². The zero-order valence-electron chi connectivity index (χ0n) is 16.2. The predicted octanol–water partition coefficient (Wildman–Crippen LogP) is 6.47. The minimum atomic E-state index is 0.536. The minimum absolute atomic E-state index is 0.536. The van der Waals surface area contributed by atoms with Crippen molar-refractivity contribution >= 4 is 43.7 Å². The van der Waals surface area contributed by atoms with Gasteiger partial charge >= 0.3 is 0 Å². The molecule has 0 atom stereocenters. The van der Waals surface area contributed by atoms with E-state index < -0.39 is 0 Å². The van der Waals surface area contributed by atoms with E-state index in [0.717, 1.165) is 26.7 Å². The van der Waals surface area contributed by atoms with Gasteiger partial charge in [0.1, 0.15) is 12.4 Å². The van der Waals surface area contributed by atoms with E-state index in [-0.39, 0.29) is 0 Å². The van der Waals surface area contributed by atoms with Crippen LogP contribution in [0.25, 0.3) is 21.0 Å². The molecule has 0 aliphatic rings. The Morgan fingerprint density at radius 3 is 2.57 bits per heavy atom. The maximum absolute atomic E-state index is 5.99. The highest BCUT2D eigenvalue weighted by Crippen LogP contribution is 2.25. The molecule has 0 unspecified atom stereocenters. The predicted molar refractivity (Wildman–Crippen MR) is 126 cm³/mol. The third kappa shape index (κ3) is 4.02. The van der Waals surface area contributed by atoms with E-state index in [1.807, 2.05) is 42.5 Å². The van der Waals surface area contributed by atoms with Gasteiger partial charge in [0.25, 0.3) is 0 Å². The first-order chi connectivity index (χ1) is 14.8. The third-order valence-electron chi connectivity index (χ3n) is 4.82. The minimum Gasteiger partial charge on any atom is -0.489 e. The number of benzene rings is 4. The number of hydrogen-bond donors (Lipinski definition) is 1. The molecular formula is C25H19N3OS. The van der Waals surface area contributed by atoms with E-state index in [9.17, 15) is 0 Å². The molecular weight excluding hydrogens is 390 g/mol. The largest absolute Gasteiger partial charge is 0.489 e. The van der Waals surface area contributed by atoms with Crippen LogP contribution in [-0.2, 0) is 6.61 Å². The molecule has 0 bridgehead atoms. The smallest absolute Gasteiger partial charge is 0.204 e. The van der Waals surface area contributed by atoms with Gasteiger partial charge in [-0.3, -0.25) is 5.43 Å². The van der Waals surface area contributed by atoms with Crippen molar-refractivity contribution in [2.75, 3.05) is 5.43 Å². The maximum Gasteiger partial charge on any atom is 0.204 e. The van der Waals surface area contributed by atoms with Gasteiger partial charge in [-0.2, -0.15) is 5.10 Å². The lowest BCUT2D eigenvalue weighted by molar-refractivity contribution is 0.307. The quantitative estimate of drug-likeness (QED) is 0.258. The second kappa shape index (κ2) is 8.35. The van der Waals surface area contributed by atoms with E-state index >= 15 is 0 Å². The summed E-state index contributed by atoms with van der Waals surface area (Å²) >= 11 is 1.58. The SMILES string of the molecule is C(=N\Nc1nc2ccccc2s1)/c1ccc(OCc2cccc3ccccc23)cc1. The number of para-hydroxylation sites is 1. The normalized spacial score (nSPS) is 11.3. The van der Waals surface area contributed by atoms with Gasteiger partial charge in [0.05, 0.1) is 16.4 Å². The lowest BCUT2D eigenvalue weighted by Gasteiger charge is -2.09. The Kier molecular flexibility index (Phi) is 5.10. The van der Waals surface area contributed by atoms with Crippen LogP contribution >= 0.6 is 11.3 Å². The average molecular weight is 410 g/mol. The van der Waals surface area contributed by atoms with Gasteiger partial charge in [-0.15, -0.1) is 0 Å². The molecule has 5 aromatic rings. The van der Waals surface area contributed by atoms with Crippen LogP contribution < -0.4 is 10.2 Å². The zero-order valence-corrected chi connectivity index (χ0v) is 17.0. The van der Waals surface area contributed by atoms with Crippen LogP contribution in [0.4, 0.5) is 5.13 Å². The van der Waals surface area contributed by atoms with E-state index in [1.165, 1.54) is 16.3 Å². The van der Waals surface area contributed by atoms with Crippen molar-refractivity contribution in [2.24, 2.45) is 5.10 Å². The van der Waals surface area contributed by atoms with Gasteiger partial charge in [-0.1, -0.05) is 65.9 Å². The Balaban J connectivity index is 1.21. The molecule has 1 heterocycles. The van der Waals surface area contributed by atoms with E-state index in [4.69, 9.17) is 4.74 Å². The molecule has 0 saturated heterocycles. The molecule has 0 spiro atoms. The monoisotopic (exact) mass is 409 g/mol. The number of hydrogen-bond acceptors (Lipinski definition) is 5. The Labute approximate surface area is 178 Å². The molecule has 30 heavy (non-hydrogen) atoms. The van der Waals surface area contributed by atoms with Gasteiger partial charge in [0.2, 0.25) is 5.13 Å². The highest BCUT2D eigenvalue weighted by Gasteiger charge is 2.03. The van der Waals surface area contributed by atoms with Crippen molar-refractivity contribution in [3.05, 3.63) is 102 Å². The van der Waals surface area contributed by atoms with Crippen molar-refractivity contribution in [1.29, 1.82) is 0 Å². The van der Waals surface area contributed by atoms with Crippen LogP contribution in [-0.4, -0.2) is 11.2 Å². The van der Waals surface area contributed by atoms with Crippen molar-refractivity contribution < 1.29 is 4.74 Å². The number of nitrogens with zero attached hydrogens (tertiary/aromatic N) is 2. The van der Waals surface area contributed by atoms with Crippen LogP contribution in [0, 0.1) is 0 Å². The molecule has 1 N–H and O–H groups in total. The topological polar surface area (TPSA) is 46.5 Å². The molecule has 5 heteroatoms. The second-order valence-corrected chi connectivity index (χ2v) is 7.88. The number of anilines is 1. The van der Waals surface area contributed by atoms with E-state index in [2.05, 4.69) is 64.0 Å². The summed E-state index contributed by atoms with van der Waals surface area (Å²) in [5.41, 5.74) is 6.15. The van der Waals surface area contributed by atoms with Crippen LogP contribution in [0.2, 0.25) is 0 Å². The molecule has 5 rings (SSSR count). The second-order valence-electron chi connectivity index (χ2n) is 6.85. The van der Waals surface area contributed by atoms with E-state index in [0.29, 0.717) is 6.61 Å². The summed E-state index contributed by atoms with van der Waals surface area (Å²) in [6.45, 7) is 0.536. The molecule has 0 aliphatic heterocycles. The Morgan fingerprint density at radius 1 is 0.867 bits per heavy atom. The summed E-state index contributed by atoms with van der Waals surface area (Å²) in [7, 11) is 0. The molecule has 146 valence electrons. The molecule has 0 radical (unpaired) electrons. The maximum atomic E-state index is 5.99. The van der Waals surface area contributed by atoms with Crippen LogP contribution in [0.1, 0.15) is 11.1 Å². The fraction of sp³-hybridized carbons (Fsp3) is 0.0400. The first-order valence-electron chi connectivity index (χ1n) is 9.69. The van der Waals surface area contributed by atoms with Crippen LogP contribution in [0.15, 0.2) is 96.1 Å². The number of fused-ring (bicyclic) bond motifs is 2. The highest BCUT2D eigenvalue weighted by atomic mass is 32.1. The first-order valence-corrected chi connectivity index (χ1v) is 10.5. The van der Waals surface area contributed by atoms with Crippen LogP contribution in [0.3, 0.4) is 0 Å². The summed E-state index contributed by atoms with van der Waals surface area (Å²) in [5, 5.41) is 7.53. The molecule has 1 aromatic heterocycles. The Morgan fingerprint density at radius 2 is 1.67 bits per heavy atom. The number of rotatable bonds is 6. The molecule has 4 aromatic carbocycles. The van der Waals surface area contributed by atoms with Crippen molar-refractivity contribution in [1.82, 2.24) is 4.98 Å². The zero-order chi connectivity index (χ0) is 20.2. The number of thiazole rings is 1. The third-order valence-corrected chi connectivity index (χ3v) is 5.76. The fourth-order valence-corrected chi connectivity index (χ4v) is 4.13. The summed E-state index contributed by atoms with van der Waals surface area (Å²) in [4.78, 5) is 4.51. The number of aromatic nitrogens is 1. The van der Waals surface area contributed by atoms with Gasteiger partial charge in [-0.25, -0.2) is 4.98 Å². The van der Waals surface area contributed by atoms with Gasteiger partial charge in [0.15, 0.2) is 0 Å². The molecule has 0 amide bonds. The number of nitrogens with one attached hydrogen (secondary N) is 1. The molecule has 0 aliphatic carbocycles. The summed E-state index contributed by atoms with van der Waals surface area (Å²) < 4.78 is 7.14. The first kappa shape index (κ1) is 18.3. The molecule has 0 saturated carbocycles. The molecule has 4 nitrogen and oxygen atoms in total. The van der Waals surface area contributed by atoms with Gasteiger partial charge in [-0.05, 0) is 58.3 Å².